The third-order valence-electron chi connectivity index (χ3n) is 3.54. The normalized spacial score (nSPS) is 18.4. The molecule has 0 radical (unpaired) electrons. The standard InChI is InChI=1S/C15H16F4N2O3/c1-9(22)20-7-10-8-21(5-6-24-10)14(23)11-3-2-4-12(13(11)16)15(17,18)19/h2-4,10H,5-8H2,1H3,(H,20,22). The topological polar surface area (TPSA) is 58.6 Å². The van der Waals surface area contributed by atoms with Crippen molar-refractivity contribution in [2.45, 2.75) is 19.2 Å². The third-order valence-corrected chi connectivity index (χ3v) is 3.54. The lowest BCUT2D eigenvalue weighted by Crippen LogP contribution is -2.49. The molecule has 0 spiro atoms. The van der Waals surface area contributed by atoms with E-state index in [1.807, 2.05) is 0 Å². The van der Waals surface area contributed by atoms with Crippen LogP contribution in [-0.4, -0.2) is 49.1 Å². The summed E-state index contributed by atoms with van der Waals surface area (Å²) in [4.78, 5) is 24.5. The van der Waals surface area contributed by atoms with Crippen LogP contribution in [0.3, 0.4) is 0 Å². The molecule has 1 saturated heterocycles. The maximum Gasteiger partial charge on any atom is 0.419 e. The quantitative estimate of drug-likeness (QED) is 0.848. The number of morpholine rings is 1. The lowest BCUT2D eigenvalue weighted by Gasteiger charge is -2.33. The van der Waals surface area contributed by atoms with Gasteiger partial charge in [-0.15, -0.1) is 0 Å². The highest BCUT2D eigenvalue weighted by atomic mass is 19.4. The number of carbonyl (C=O) groups is 2. The van der Waals surface area contributed by atoms with Gasteiger partial charge in [0.2, 0.25) is 5.91 Å². The minimum absolute atomic E-state index is 0.0504. The van der Waals surface area contributed by atoms with Crippen LogP contribution in [0, 0.1) is 5.82 Å². The summed E-state index contributed by atoms with van der Waals surface area (Å²) < 4.78 is 57.7. The van der Waals surface area contributed by atoms with E-state index in [4.69, 9.17) is 4.74 Å². The third kappa shape index (κ3) is 4.22. The number of alkyl halides is 3. The first-order chi connectivity index (χ1) is 11.2. The van der Waals surface area contributed by atoms with Crippen molar-refractivity contribution >= 4 is 11.8 Å². The summed E-state index contributed by atoms with van der Waals surface area (Å²) in [6, 6.07) is 2.60. The molecule has 1 fully saturated rings. The predicted octanol–water partition coefficient (Wildman–Crippen LogP) is 1.82. The predicted molar refractivity (Wildman–Crippen MR) is 75.7 cm³/mol. The second-order valence-corrected chi connectivity index (χ2v) is 5.35. The number of rotatable bonds is 3. The van der Waals surface area contributed by atoms with E-state index in [1.165, 1.54) is 11.8 Å². The largest absolute Gasteiger partial charge is 0.419 e. The maximum absolute atomic E-state index is 14.1. The summed E-state index contributed by atoms with van der Waals surface area (Å²) in [6.07, 6.45) is -5.38. The van der Waals surface area contributed by atoms with Gasteiger partial charge in [0.25, 0.3) is 5.91 Å². The van der Waals surface area contributed by atoms with E-state index in [0.717, 1.165) is 12.1 Å². The van der Waals surface area contributed by atoms with Crippen molar-refractivity contribution in [3.8, 4) is 0 Å². The van der Waals surface area contributed by atoms with Crippen molar-refractivity contribution in [3.63, 3.8) is 0 Å². The van der Waals surface area contributed by atoms with Crippen molar-refractivity contribution in [1.29, 1.82) is 0 Å². The summed E-state index contributed by atoms with van der Waals surface area (Å²) in [5.74, 6) is -2.69. The van der Waals surface area contributed by atoms with Gasteiger partial charge in [-0.1, -0.05) is 6.07 Å². The number of nitrogens with zero attached hydrogens (tertiary/aromatic N) is 1. The van der Waals surface area contributed by atoms with Gasteiger partial charge in [-0.2, -0.15) is 13.2 Å². The molecule has 132 valence electrons. The van der Waals surface area contributed by atoms with E-state index in [1.54, 1.807) is 0 Å². The van der Waals surface area contributed by atoms with Crippen molar-refractivity contribution in [1.82, 2.24) is 10.2 Å². The van der Waals surface area contributed by atoms with Crippen molar-refractivity contribution in [2.24, 2.45) is 0 Å². The fourth-order valence-corrected chi connectivity index (χ4v) is 2.37. The monoisotopic (exact) mass is 348 g/mol. The molecule has 0 saturated carbocycles. The second kappa shape index (κ2) is 7.16. The van der Waals surface area contributed by atoms with E-state index >= 15 is 0 Å². The molecule has 0 aliphatic carbocycles. The Hall–Kier alpha value is -2.16. The molecule has 1 unspecified atom stereocenters. The van der Waals surface area contributed by atoms with Crippen LogP contribution in [0.15, 0.2) is 18.2 Å². The number of amides is 2. The molecule has 1 aliphatic rings. The van der Waals surface area contributed by atoms with Crippen molar-refractivity contribution < 1.29 is 31.9 Å². The summed E-state index contributed by atoms with van der Waals surface area (Å²) in [5.41, 5.74) is -2.11. The number of benzene rings is 1. The Morgan fingerprint density at radius 2 is 2.08 bits per heavy atom. The van der Waals surface area contributed by atoms with Crippen LogP contribution >= 0.6 is 0 Å². The summed E-state index contributed by atoms with van der Waals surface area (Å²) in [5, 5.41) is 2.53. The van der Waals surface area contributed by atoms with Gasteiger partial charge in [-0.25, -0.2) is 4.39 Å². The lowest BCUT2D eigenvalue weighted by molar-refractivity contribution is -0.140. The Morgan fingerprint density at radius 1 is 1.38 bits per heavy atom. The molecular weight excluding hydrogens is 332 g/mol. The molecule has 0 aromatic heterocycles. The number of hydrogen-bond donors (Lipinski definition) is 1. The zero-order chi connectivity index (χ0) is 17.9. The molecule has 0 bridgehead atoms. The summed E-state index contributed by atoms with van der Waals surface area (Å²) >= 11 is 0. The molecule has 2 rings (SSSR count). The van der Waals surface area contributed by atoms with Gasteiger partial charge in [0.15, 0.2) is 0 Å². The molecule has 1 aliphatic heterocycles. The smallest absolute Gasteiger partial charge is 0.373 e. The fraction of sp³-hybridized carbons (Fsp3) is 0.467. The molecule has 24 heavy (non-hydrogen) atoms. The molecule has 1 aromatic rings. The SMILES string of the molecule is CC(=O)NCC1CN(C(=O)c2cccc(C(F)(F)F)c2F)CCO1. The maximum atomic E-state index is 14.1. The zero-order valence-corrected chi connectivity index (χ0v) is 12.8. The second-order valence-electron chi connectivity index (χ2n) is 5.35. The lowest BCUT2D eigenvalue weighted by atomic mass is 10.1. The van der Waals surface area contributed by atoms with Gasteiger partial charge in [-0.05, 0) is 12.1 Å². The van der Waals surface area contributed by atoms with Gasteiger partial charge >= 0.3 is 6.18 Å². The summed E-state index contributed by atoms with van der Waals surface area (Å²) in [7, 11) is 0. The van der Waals surface area contributed by atoms with Gasteiger partial charge < -0.3 is 15.0 Å². The Bertz CT molecular complexity index is 634. The first-order valence-corrected chi connectivity index (χ1v) is 7.21. The Morgan fingerprint density at radius 3 is 2.71 bits per heavy atom. The van der Waals surface area contributed by atoms with E-state index < -0.39 is 35.1 Å². The fourth-order valence-electron chi connectivity index (χ4n) is 2.37. The van der Waals surface area contributed by atoms with Crippen LogP contribution in [0.1, 0.15) is 22.8 Å². The van der Waals surface area contributed by atoms with Crippen LogP contribution in [-0.2, 0) is 15.7 Å². The molecule has 2 amide bonds. The molecule has 9 heteroatoms. The molecular formula is C15H16F4N2O3. The van der Waals surface area contributed by atoms with Crippen LogP contribution < -0.4 is 5.32 Å². The molecule has 1 N–H and O–H groups in total. The van der Waals surface area contributed by atoms with Crippen LogP contribution in [0.4, 0.5) is 17.6 Å². The summed E-state index contributed by atoms with van der Waals surface area (Å²) in [6.45, 7) is 1.81. The molecule has 1 aromatic carbocycles. The highest BCUT2D eigenvalue weighted by Crippen LogP contribution is 2.32. The number of hydrogen-bond acceptors (Lipinski definition) is 3. The minimum Gasteiger partial charge on any atom is -0.373 e. The van der Waals surface area contributed by atoms with Crippen LogP contribution in [0.2, 0.25) is 0 Å². The van der Waals surface area contributed by atoms with E-state index in [2.05, 4.69) is 5.32 Å². The first kappa shape index (κ1) is 18.2. The van der Waals surface area contributed by atoms with E-state index in [0.29, 0.717) is 6.07 Å². The molecule has 1 atom stereocenters. The molecule has 1 heterocycles. The highest BCUT2D eigenvalue weighted by Gasteiger charge is 2.36. The molecule has 5 nitrogen and oxygen atoms in total. The number of halogens is 4. The Labute approximate surface area is 135 Å². The van der Waals surface area contributed by atoms with E-state index in [-0.39, 0.29) is 32.1 Å². The first-order valence-electron chi connectivity index (χ1n) is 7.21. The Balaban J connectivity index is 2.15. The van der Waals surface area contributed by atoms with Crippen LogP contribution in [0.25, 0.3) is 0 Å². The minimum atomic E-state index is -4.88. The highest BCUT2D eigenvalue weighted by molar-refractivity contribution is 5.94. The number of carbonyl (C=O) groups excluding carboxylic acids is 2. The average Bonchev–Trinajstić information content (AvgIpc) is 2.51. The number of nitrogens with one attached hydrogen (secondary N) is 1. The van der Waals surface area contributed by atoms with Gasteiger partial charge in [0, 0.05) is 26.6 Å². The van der Waals surface area contributed by atoms with Crippen molar-refractivity contribution in [2.75, 3.05) is 26.2 Å². The van der Waals surface area contributed by atoms with Crippen LogP contribution in [0.5, 0.6) is 0 Å². The van der Waals surface area contributed by atoms with Gasteiger partial charge in [-0.3, -0.25) is 9.59 Å². The van der Waals surface area contributed by atoms with Gasteiger partial charge in [0.05, 0.1) is 23.8 Å². The Kier molecular flexibility index (Phi) is 5.43. The average molecular weight is 348 g/mol. The zero-order valence-electron chi connectivity index (χ0n) is 12.8. The van der Waals surface area contributed by atoms with E-state index in [9.17, 15) is 27.2 Å². The van der Waals surface area contributed by atoms with Crippen molar-refractivity contribution in [3.05, 3.63) is 35.1 Å². The van der Waals surface area contributed by atoms with Gasteiger partial charge in [0.1, 0.15) is 5.82 Å². The number of ether oxygens (including phenoxy) is 1.